The van der Waals surface area contributed by atoms with Crippen molar-refractivity contribution in [2.45, 2.75) is 6.54 Å². The molecule has 20 heavy (non-hydrogen) atoms. The van der Waals surface area contributed by atoms with Crippen molar-refractivity contribution in [3.05, 3.63) is 69.2 Å². The van der Waals surface area contributed by atoms with Crippen LogP contribution in [0.4, 0.5) is 0 Å². The molecule has 0 atom stereocenters. The molecule has 2 heterocycles. The van der Waals surface area contributed by atoms with Crippen LogP contribution in [0.25, 0.3) is 5.65 Å². The predicted molar refractivity (Wildman–Crippen MR) is 74.7 cm³/mol. The van der Waals surface area contributed by atoms with E-state index in [4.69, 9.17) is 16.9 Å². The maximum atomic E-state index is 11.7. The average Bonchev–Trinajstić information content (AvgIpc) is 2.93. The lowest BCUT2D eigenvalue weighted by molar-refractivity contribution is 0.764. The molecule has 0 fully saturated rings. The third-order valence-corrected chi connectivity index (χ3v) is 3.39. The van der Waals surface area contributed by atoms with E-state index in [0.29, 0.717) is 22.9 Å². The molecule has 6 heteroatoms. The molecule has 5 nitrogen and oxygen atoms in total. The Morgan fingerprint density at radius 3 is 2.90 bits per heavy atom. The summed E-state index contributed by atoms with van der Waals surface area (Å²) < 4.78 is 3.02. The van der Waals surface area contributed by atoms with Gasteiger partial charge in [0.2, 0.25) is 0 Å². The summed E-state index contributed by atoms with van der Waals surface area (Å²) in [6, 6.07) is 12.5. The summed E-state index contributed by atoms with van der Waals surface area (Å²) in [6.45, 7) is 0.401. The maximum absolute atomic E-state index is 11.7. The quantitative estimate of drug-likeness (QED) is 0.677. The van der Waals surface area contributed by atoms with Crippen LogP contribution in [0.15, 0.2) is 47.4 Å². The Kier molecular flexibility index (Phi) is 3.01. The van der Waals surface area contributed by atoms with Gasteiger partial charge < -0.3 is 4.57 Å². The van der Waals surface area contributed by atoms with E-state index in [1.165, 1.54) is 10.6 Å². The number of aromatic nitrogens is 3. The number of halogens is 1. The van der Waals surface area contributed by atoms with Gasteiger partial charge in [0.25, 0.3) is 5.56 Å². The Morgan fingerprint density at radius 1 is 1.30 bits per heavy atom. The number of nitriles is 1. The molecule has 1 aromatic carbocycles. The molecule has 98 valence electrons. The Bertz CT molecular complexity index is 888. The van der Waals surface area contributed by atoms with Crippen molar-refractivity contribution < 1.29 is 0 Å². The SMILES string of the molecule is N#Cc1ccccc1Cn1c(Cl)cc(=O)n2nccc12. The molecule has 0 saturated carbocycles. The third-order valence-electron chi connectivity index (χ3n) is 3.07. The molecule has 0 saturated heterocycles. The molecule has 2 aromatic heterocycles. The van der Waals surface area contributed by atoms with E-state index >= 15 is 0 Å². The minimum Gasteiger partial charge on any atom is -0.312 e. The van der Waals surface area contributed by atoms with E-state index in [9.17, 15) is 4.79 Å². The highest BCUT2D eigenvalue weighted by atomic mass is 35.5. The molecule has 0 unspecified atom stereocenters. The minimum absolute atomic E-state index is 0.278. The first-order valence-electron chi connectivity index (χ1n) is 5.92. The van der Waals surface area contributed by atoms with Gasteiger partial charge in [0, 0.05) is 12.1 Å². The van der Waals surface area contributed by atoms with Gasteiger partial charge in [-0.25, -0.2) is 0 Å². The summed E-state index contributed by atoms with van der Waals surface area (Å²) in [7, 11) is 0. The second-order valence-electron chi connectivity index (χ2n) is 4.26. The van der Waals surface area contributed by atoms with Crippen molar-refractivity contribution in [2.24, 2.45) is 0 Å². The number of hydrogen-bond acceptors (Lipinski definition) is 3. The summed E-state index contributed by atoms with van der Waals surface area (Å²) in [5.74, 6) is 0. The number of rotatable bonds is 2. The van der Waals surface area contributed by atoms with Crippen molar-refractivity contribution in [2.75, 3.05) is 0 Å². The minimum atomic E-state index is -0.278. The van der Waals surface area contributed by atoms with Crippen molar-refractivity contribution in [1.29, 1.82) is 5.26 Å². The lowest BCUT2D eigenvalue weighted by atomic mass is 10.1. The highest BCUT2D eigenvalue weighted by Gasteiger charge is 2.10. The zero-order chi connectivity index (χ0) is 14.1. The van der Waals surface area contributed by atoms with E-state index in [0.717, 1.165) is 5.56 Å². The highest BCUT2D eigenvalue weighted by molar-refractivity contribution is 6.29. The zero-order valence-corrected chi connectivity index (χ0v) is 11.1. The normalized spacial score (nSPS) is 10.6. The second-order valence-corrected chi connectivity index (χ2v) is 4.65. The number of benzene rings is 1. The molecule has 0 aliphatic rings. The molecule has 0 aliphatic heterocycles. The first-order valence-corrected chi connectivity index (χ1v) is 6.29. The van der Waals surface area contributed by atoms with Gasteiger partial charge in [0.15, 0.2) is 0 Å². The summed E-state index contributed by atoms with van der Waals surface area (Å²) in [5, 5.41) is 13.4. The molecule has 3 rings (SSSR count). The van der Waals surface area contributed by atoms with Crippen molar-refractivity contribution in [3.8, 4) is 6.07 Å². The van der Waals surface area contributed by atoms with Crippen LogP contribution >= 0.6 is 11.6 Å². The summed E-state index contributed by atoms with van der Waals surface area (Å²) in [6.07, 6.45) is 1.54. The molecule has 0 N–H and O–H groups in total. The van der Waals surface area contributed by atoms with Crippen LogP contribution in [0.2, 0.25) is 5.15 Å². The summed E-state index contributed by atoms with van der Waals surface area (Å²) in [5.41, 5.74) is 1.73. The van der Waals surface area contributed by atoms with E-state index in [2.05, 4.69) is 11.2 Å². The molecule has 0 radical (unpaired) electrons. The van der Waals surface area contributed by atoms with Gasteiger partial charge in [-0.2, -0.15) is 14.9 Å². The second kappa shape index (κ2) is 4.83. The lowest BCUT2D eigenvalue weighted by Crippen LogP contribution is -2.18. The highest BCUT2D eigenvalue weighted by Crippen LogP contribution is 2.16. The molecular weight excluding hydrogens is 276 g/mol. The van der Waals surface area contributed by atoms with Crippen LogP contribution in [-0.2, 0) is 6.54 Å². The molecule has 0 amide bonds. The zero-order valence-electron chi connectivity index (χ0n) is 10.3. The van der Waals surface area contributed by atoms with Gasteiger partial charge in [-0.3, -0.25) is 4.79 Å². The van der Waals surface area contributed by atoms with Crippen molar-refractivity contribution >= 4 is 17.2 Å². The fourth-order valence-electron chi connectivity index (χ4n) is 2.12. The fraction of sp³-hybridized carbons (Fsp3) is 0.0714. The lowest BCUT2D eigenvalue weighted by Gasteiger charge is -2.12. The Morgan fingerprint density at radius 2 is 2.10 bits per heavy atom. The van der Waals surface area contributed by atoms with Gasteiger partial charge in [0.1, 0.15) is 10.8 Å². The van der Waals surface area contributed by atoms with Crippen LogP contribution in [0.3, 0.4) is 0 Å². The fourth-order valence-corrected chi connectivity index (χ4v) is 2.35. The molecule has 3 aromatic rings. The van der Waals surface area contributed by atoms with Crippen LogP contribution in [-0.4, -0.2) is 14.2 Å². The maximum Gasteiger partial charge on any atom is 0.275 e. The van der Waals surface area contributed by atoms with Crippen molar-refractivity contribution in [3.63, 3.8) is 0 Å². The standard InChI is InChI=1S/C14H9ClN4O/c15-12-7-14(20)19-13(5-6-17-19)18(12)9-11-4-2-1-3-10(11)8-16/h1-7H,9H2. The topological polar surface area (TPSA) is 63.1 Å². The predicted octanol–water partition coefficient (Wildman–Crippen LogP) is 2.07. The number of nitrogens with zero attached hydrogens (tertiary/aromatic N) is 4. The summed E-state index contributed by atoms with van der Waals surface area (Å²) >= 11 is 6.15. The Balaban J connectivity index is 2.19. The largest absolute Gasteiger partial charge is 0.312 e. The van der Waals surface area contributed by atoms with Gasteiger partial charge in [0.05, 0.1) is 24.4 Å². The van der Waals surface area contributed by atoms with Gasteiger partial charge in [-0.15, -0.1) is 0 Å². The first kappa shape index (κ1) is 12.5. The Labute approximate surface area is 119 Å². The van der Waals surface area contributed by atoms with Gasteiger partial charge >= 0.3 is 0 Å². The van der Waals surface area contributed by atoms with Gasteiger partial charge in [-0.05, 0) is 11.6 Å². The smallest absolute Gasteiger partial charge is 0.275 e. The monoisotopic (exact) mass is 284 g/mol. The van der Waals surface area contributed by atoms with E-state index < -0.39 is 0 Å². The van der Waals surface area contributed by atoms with Gasteiger partial charge in [-0.1, -0.05) is 29.8 Å². The van der Waals surface area contributed by atoms with E-state index in [-0.39, 0.29) is 5.56 Å². The molecule has 0 spiro atoms. The number of fused-ring (bicyclic) bond motifs is 1. The first-order chi connectivity index (χ1) is 9.70. The molecular formula is C14H9ClN4O. The molecule has 0 aliphatic carbocycles. The van der Waals surface area contributed by atoms with E-state index in [1.807, 2.05) is 18.2 Å². The molecule has 0 bridgehead atoms. The number of hydrogen-bond donors (Lipinski definition) is 0. The van der Waals surface area contributed by atoms with Crippen molar-refractivity contribution in [1.82, 2.24) is 14.2 Å². The summed E-state index contributed by atoms with van der Waals surface area (Å²) in [4.78, 5) is 11.7. The van der Waals surface area contributed by atoms with E-state index in [1.54, 1.807) is 22.9 Å². The van der Waals surface area contributed by atoms with Crippen LogP contribution in [0, 0.1) is 11.3 Å². The van der Waals surface area contributed by atoms with Crippen LogP contribution in [0.1, 0.15) is 11.1 Å². The average molecular weight is 285 g/mol. The third kappa shape index (κ3) is 1.96. The van der Waals surface area contributed by atoms with Crippen LogP contribution in [0.5, 0.6) is 0 Å². The Hall–Kier alpha value is -2.58. The van der Waals surface area contributed by atoms with Crippen LogP contribution < -0.4 is 5.56 Å².